The van der Waals surface area contributed by atoms with Gasteiger partial charge in [-0.2, -0.15) is 0 Å². The molecule has 100 valence electrons. The molecule has 0 aromatic carbocycles. The number of hydrazine groups is 1. The normalized spacial score (nSPS) is 10.2. The molecule has 18 heavy (non-hydrogen) atoms. The molecule has 0 saturated carbocycles. The maximum Gasteiger partial charge on any atom is 0.236 e. The molecule has 1 heterocycles. The number of hydrogen-bond acceptors (Lipinski definition) is 6. The number of aromatic nitrogens is 2. The van der Waals surface area contributed by atoms with Crippen LogP contribution in [0.4, 0.5) is 11.6 Å². The van der Waals surface area contributed by atoms with E-state index in [0.29, 0.717) is 11.6 Å². The van der Waals surface area contributed by atoms with Gasteiger partial charge in [-0.15, -0.1) is 0 Å². The van der Waals surface area contributed by atoms with Gasteiger partial charge in [-0.3, -0.25) is 4.79 Å². The first-order valence-corrected chi connectivity index (χ1v) is 5.91. The number of nitrogens with two attached hydrogens (primary N) is 2. The molecule has 0 atom stereocenters. The Morgan fingerprint density at radius 2 is 2.22 bits per heavy atom. The summed E-state index contributed by atoms with van der Waals surface area (Å²) >= 11 is 0. The van der Waals surface area contributed by atoms with E-state index in [1.807, 2.05) is 11.8 Å². The monoisotopic (exact) mass is 252 g/mol. The molecule has 0 fully saturated rings. The van der Waals surface area contributed by atoms with Crippen LogP contribution in [0.2, 0.25) is 0 Å². The first kappa shape index (κ1) is 14.2. The predicted octanol–water partition coefficient (Wildman–Crippen LogP) is 0.162. The summed E-state index contributed by atoms with van der Waals surface area (Å²) < 4.78 is 0. The zero-order chi connectivity index (χ0) is 13.5. The van der Waals surface area contributed by atoms with Gasteiger partial charge in [0.2, 0.25) is 5.91 Å². The molecule has 1 amide bonds. The summed E-state index contributed by atoms with van der Waals surface area (Å²) in [5.74, 6) is 6.22. The van der Waals surface area contributed by atoms with Gasteiger partial charge in [0.15, 0.2) is 0 Å². The van der Waals surface area contributed by atoms with Crippen LogP contribution >= 0.6 is 0 Å². The highest BCUT2D eigenvalue weighted by molar-refractivity contribution is 5.79. The number of anilines is 2. The molecular weight excluding hydrogens is 232 g/mol. The summed E-state index contributed by atoms with van der Waals surface area (Å²) in [5, 5.41) is 0. The van der Waals surface area contributed by atoms with Crippen molar-refractivity contribution in [3.63, 3.8) is 0 Å². The third kappa shape index (κ3) is 3.56. The smallest absolute Gasteiger partial charge is 0.236 e. The van der Waals surface area contributed by atoms with E-state index >= 15 is 0 Å². The maximum absolute atomic E-state index is 11.1. The van der Waals surface area contributed by atoms with Gasteiger partial charge < -0.3 is 16.1 Å². The largest absolute Gasteiger partial charge is 0.368 e. The zero-order valence-electron chi connectivity index (χ0n) is 10.8. The average molecular weight is 252 g/mol. The minimum Gasteiger partial charge on any atom is -0.368 e. The molecule has 7 heteroatoms. The lowest BCUT2D eigenvalue weighted by Crippen LogP contribution is -2.35. The van der Waals surface area contributed by atoms with Crippen molar-refractivity contribution in [2.24, 2.45) is 11.6 Å². The lowest BCUT2D eigenvalue weighted by Gasteiger charge is -2.24. The second kappa shape index (κ2) is 6.75. The Balaban J connectivity index is 2.99. The highest BCUT2D eigenvalue weighted by Crippen LogP contribution is 2.21. The van der Waals surface area contributed by atoms with Gasteiger partial charge in [0, 0.05) is 12.1 Å². The first-order valence-electron chi connectivity index (χ1n) is 5.91. The fourth-order valence-electron chi connectivity index (χ4n) is 1.70. The standard InChI is InChI=1S/C11H20N6O/c1-3-4-5-17(6-9(12)18)11-8(2)10(16-13)14-7-15-11/h7H,3-6,13H2,1-2H3,(H2,12,18)(H,14,15,16). The van der Waals surface area contributed by atoms with Crippen LogP contribution in [-0.2, 0) is 4.79 Å². The van der Waals surface area contributed by atoms with E-state index in [1.165, 1.54) is 6.33 Å². The Morgan fingerprint density at radius 3 is 2.78 bits per heavy atom. The van der Waals surface area contributed by atoms with E-state index < -0.39 is 0 Å². The Labute approximate surface area is 107 Å². The minimum absolute atomic E-state index is 0.141. The Hall–Kier alpha value is -1.89. The molecule has 0 aliphatic carbocycles. The van der Waals surface area contributed by atoms with Crippen LogP contribution in [0.15, 0.2) is 6.33 Å². The van der Waals surface area contributed by atoms with Crippen molar-refractivity contribution in [1.29, 1.82) is 0 Å². The zero-order valence-corrected chi connectivity index (χ0v) is 10.8. The van der Waals surface area contributed by atoms with Crippen LogP contribution in [0.1, 0.15) is 25.3 Å². The molecule has 0 saturated heterocycles. The highest BCUT2D eigenvalue weighted by atomic mass is 16.1. The van der Waals surface area contributed by atoms with Gasteiger partial charge in [0.1, 0.15) is 18.0 Å². The third-order valence-electron chi connectivity index (χ3n) is 2.62. The van der Waals surface area contributed by atoms with Crippen molar-refractivity contribution in [3.8, 4) is 0 Å². The summed E-state index contributed by atoms with van der Waals surface area (Å²) in [7, 11) is 0. The van der Waals surface area contributed by atoms with Gasteiger partial charge in [0.05, 0.1) is 6.54 Å². The van der Waals surface area contributed by atoms with Gasteiger partial charge in [0.25, 0.3) is 0 Å². The molecule has 0 spiro atoms. The van der Waals surface area contributed by atoms with Gasteiger partial charge in [-0.05, 0) is 13.3 Å². The maximum atomic E-state index is 11.1. The Kier molecular flexibility index (Phi) is 5.31. The summed E-state index contributed by atoms with van der Waals surface area (Å²) in [6.45, 7) is 4.80. The second-order valence-electron chi connectivity index (χ2n) is 4.06. The van der Waals surface area contributed by atoms with Crippen molar-refractivity contribution in [2.75, 3.05) is 23.4 Å². The first-order chi connectivity index (χ1) is 8.60. The quantitative estimate of drug-likeness (QED) is 0.471. The lowest BCUT2D eigenvalue weighted by molar-refractivity contribution is -0.116. The van der Waals surface area contributed by atoms with E-state index in [0.717, 1.165) is 24.9 Å². The molecule has 7 nitrogen and oxygen atoms in total. The fraction of sp³-hybridized carbons (Fsp3) is 0.545. The van der Waals surface area contributed by atoms with Crippen LogP contribution in [0, 0.1) is 6.92 Å². The van der Waals surface area contributed by atoms with Crippen molar-refractivity contribution in [1.82, 2.24) is 9.97 Å². The number of nitrogens with one attached hydrogen (secondary N) is 1. The number of hydrogen-bond donors (Lipinski definition) is 3. The van der Waals surface area contributed by atoms with Crippen molar-refractivity contribution >= 4 is 17.5 Å². The summed E-state index contributed by atoms with van der Waals surface area (Å²) in [4.78, 5) is 21.2. The van der Waals surface area contributed by atoms with E-state index in [4.69, 9.17) is 11.6 Å². The van der Waals surface area contributed by atoms with Crippen LogP contribution < -0.4 is 21.9 Å². The summed E-state index contributed by atoms with van der Waals surface area (Å²) in [6.07, 6.45) is 3.40. The molecule has 0 aliphatic heterocycles. The molecule has 0 aliphatic rings. The molecule has 1 aromatic rings. The number of primary amides is 1. The molecule has 1 aromatic heterocycles. The van der Waals surface area contributed by atoms with Crippen molar-refractivity contribution in [2.45, 2.75) is 26.7 Å². The van der Waals surface area contributed by atoms with Crippen molar-refractivity contribution < 1.29 is 4.79 Å². The van der Waals surface area contributed by atoms with Gasteiger partial charge in [-0.1, -0.05) is 13.3 Å². The number of nitrogen functional groups attached to an aromatic ring is 1. The molecule has 1 rings (SSSR count). The Bertz CT molecular complexity index is 409. The topological polar surface area (TPSA) is 110 Å². The van der Waals surface area contributed by atoms with E-state index in [-0.39, 0.29) is 12.5 Å². The predicted molar refractivity (Wildman–Crippen MR) is 70.9 cm³/mol. The van der Waals surface area contributed by atoms with Crippen LogP contribution in [0.5, 0.6) is 0 Å². The van der Waals surface area contributed by atoms with E-state index in [1.54, 1.807) is 0 Å². The Morgan fingerprint density at radius 1 is 1.50 bits per heavy atom. The van der Waals surface area contributed by atoms with E-state index in [2.05, 4.69) is 22.3 Å². The average Bonchev–Trinajstić information content (AvgIpc) is 2.34. The summed E-state index contributed by atoms with van der Waals surface area (Å²) in [6, 6.07) is 0. The third-order valence-corrected chi connectivity index (χ3v) is 2.62. The van der Waals surface area contributed by atoms with Gasteiger partial charge in [-0.25, -0.2) is 15.8 Å². The van der Waals surface area contributed by atoms with Crippen LogP contribution in [-0.4, -0.2) is 29.0 Å². The second-order valence-corrected chi connectivity index (χ2v) is 4.06. The summed E-state index contributed by atoms with van der Waals surface area (Å²) in [5.41, 5.74) is 8.57. The van der Waals surface area contributed by atoms with Crippen LogP contribution in [0.3, 0.4) is 0 Å². The number of nitrogens with zero attached hydrogens (tertiary/aromatic N) is 3. The number of amides is 1. The molecule has 0 unspecified atom stereocenters. The number of carbonyl (C=O) groups excluding carboxylic acids is 1. The molecule has 0 radical (unpaired) electrons. The van der Waals surface area contributed by atoms with Gasteiger partial charge >= 0.3 is 0 Å². The van der Waals surface area contributed by atoms with E-state index in [9.17, 15) is 4.79 Å². The SMILES string of the molecule is CCCCN(CC(N)=O)c1ncnc(NN)c1C. The number of rotatable bonds is 7. The molecular formula is C11H20N6O. The van der Waals surface area contributed by atoms with Crippen LogP contribution in [0.25, 0.3) is 0 Å². The number of unbranched alkanes of at least 4 members (excludes halogenated alkanes) is 1. The molecule has 5 N–H and O–H groups in total. The van der Waals surface area contributed by atoms with Crippen molar-refractivity contribution in [3.05, 3.63) is 11.9 Å². The molecule has 0 bridgehead atoms. The number of carbonyl (C=O) groups is 1. The fourth-order valence-corrected chi connectivity index (χ4v) is 1.70. The lowest BCUT2D eigenvalue weighted by atomic mass is 10.2. The highest BCUT2D eigenvalue weighted by Gasteiger charge is 2.15. The minimum atomic E-state index is -0.383.